The number of rotatable bonds is 2. The molecule has 0 saturated heterocycles. The lowest BCUT2D eigenvalue weighted by Gasteiger charge is -1.98. The van der Waals surface area contributed by atoms with Gasteiger partial charge >= 0.3 is 5.97 Å². The van der Waals surface area contributed by atoms with Gasteiger partial charge < -0.3 is 4.74 Å². The van der Waals surface area contributed by atoms with Crippen LogP contribution in [0.5, 0.6) is 0 Å². The van der Waals surface area contributed by atoms with Gasteiger partial charge in [0.25, 0.3) is 0 Å². The fraction of sp³-hybridized carbons (Fsp3) is 0.667. The molecule has 0 amide bonds. The lowest BCUT2D eigenvalue weighted by Crippen LogP contribution is -2.07. The summed E-state index contributed by atoms with van der Waals surface area (Å²) in [5.41, 5.74) is 0.0643. The highest BCUT2D eigenvalue weighted by atomic mass is 16.5. The summed E-state index contributed by atoms with van der Waals surface area (Å²) in [6, 6.07) is 0. The van der Waals surface area contributed by atoms with Crippen LogP contribution in [0.3, 0.4) is 0 Å². The van der Waals surface area contributed by atoms with E-state index in [1.54, 1.807) is 0 Å². The zero-order chi connectivity index (χ0) is 8.65. The van der Waals surface area contributed by atoms with Gasteiger partial charge in [0, 0.05) is 0 Å². The van der Waals surface area contributed by atoms with Gasteiger partial charge in [-0.1, -0.05) is 19.9 Å². The maximum absolute atomic E-state index is 11.1. The number of esters is 1. The van der Waals surface area contributed by atoms with Crippen molar-refractivity contribution >= 4 is 5.97 Å². The molecular weight excluding hydrogens is 140 g/mol. The van der Waals surface area contributed by atoms with E-state index in [0.29, 0.717) is 5.92 Å². The van der Waals surface area contributed by atoms with Crippen molar-refractivity contribution in [2.24, 2.45) is 17.3 Å². The zero-order valence-corrected chi connectivity index (χ0v) is 7.26. The predicted molar refractivity (Wildman–Crippen MR) is 43.0 cm³/mol. The Balaban J connectivity index is 2.66. The van der Waals surface area contributed by atoms with Crippen molar-refractivity contribution in [3.8, 4) is 0 Å². The molecule has 62 valence electrons. The Morgan fingerprint density at radius 2 is 2.18 bits per heavy atom. The van der Waals surface area contributed by atoms with Crippen LogP contribution in [0, 0.1) is 17.3 Å². The highest BCUT2D eigenvalue weighted by Crippen LogP contribution is 2.59. The van der Waals surface area contributed by atoms with E-state index in [4.69, 9.17) is 0 Å². The van der Waals surface area contributed by atoms with Gasteiger partial charge in [0.05, 0.1) is 13.0 Å². The molecule has 0 radical (unpaired) electrons. The summed E-state index contributed by atoms with van der Waals surface area (Å²) < 4.78 is 4.66. The first-order valence-electron chi connectivity index (χ1n) is 3.76. The zero-order valence-electron chi connectivity index (χ0n) is 7.26. The molecule has 2 heteroatoms. The van der Waals surface area contributed by atoms with Crippen molar-refractivity contribution in [1.82, 2.24) is 0 Å². The van der Waals surface area contributed by atoms with E-state index in [-0.39, 0.29) is 17.3 Å². The van der Waals surface area contributed by atoms with E-state index < -0.39 is 0 Å². The summed E-state index contributed by atoms with van der Waals surface area (Å²) in [7, 11) is 1.43. The van der Waals surface area contributed by atoms with E-state index in [0.717, 1.165) is 0 Å². The summed E-state index contributed by atoms with van der Waals surface area (Å²) in [6.07, 6.45) is 1.83. The van der Waals surface area contributed by atoms with Crippen LogP contribution in [0.1, 0.15) is 13.8 Å². The smallest absolute Gasteiger partial charge is 0.309 e. The molecule has 2 nitrogen and oxygen atoms in total. The van der Waals surface area contributed by atoms with Crippen molar-refractivity contribution in [1.29, 1.82) is 0 Å². The summed E-state index contributed by atoms with van der Waals surface area (Å²) in [5, 5.41) is 0. The predicted octanol–water partition coefficient (Wildman–Crippen LogP) is 1.62. The number of methoxy groups -OCH3 is 1. The number of carbonyl (C=O) groups excluding carboxylic acids is 1. The maximum Gasteiger partial charge on any atom is 0.309 e. The summed E-state index contributed by atoms with van der Waals surface area (Å²) >= 11 is 0. The van der Waals surface area contributed by atoms with E-state index in [1.165, 1.54) is 7.11 Å². The Hall–Kier alpha value is -0.790. The van der Waals surface area contributed by atoms with E-state index in [1.807, 2.05) is 6.08 Å². The van der Waals surface area contributed by atoms with E-state index >= 15 is 0 Å². The van der Waals surface area contributed by atoms with Crippen LogP contribution in [0.2, 0.25) is 0 Å². The summed E-state index contributed by atoms with van der Waals surface area (Å²) in [4.78, 5) is 11.1. The number of carbonyl (C=O) groups is 1. The SMILES string of the molecule is C=C[C@H]1[C@H](C(=O)OC)C1(C)C. The first-order chi connectivity index (χ1) is 5.05. The molecule has 0 aromatic carbocycles. The maximum atomic E-state index is 11.1. The molecule has 1 aliphatic rings. The number of allylic oxidation sites excluding steroid dienone is 1. The largest absolute Gasteiger partial charge is 0.469 e. The standard InChI is InChI=1S/C9H14O2/c1-5-6-7(8(10)11-4)9(6,2)3/h5-7H,1H2,2-4H3/t6-,7+/m0/s1. The van der Waals surface area contributed by atoms with Crippen LogP contribution in [0.15, 0.2) is 12.7 Å². The Kier molecular flexibility index (Phi) is 1.78. The fourth-order valence-electron chi connectivity index (χ4n) is 1.69. The minimum Gasteiger partial charge on any atom is -0.469 e. The van der Waals surface area contributed by atoms with E-state index in [2.05, 4.69) is 25.2 Å². The Bertz CT molecular complexity index is 194. The van der Waals surface area contributed by atoms with Crippen LogP contribution in [-0.2, 0) is 9.53 Å². The average Bonchev–Trinajstić information content (AvgIpc) is 2.51. The van der Waals surface area contributed by atoms with Gasteiger partial charge in [-0.3, -0.25) is 4.79 Å². The van der Waals surface area contributed by atoms with Crippen LogP contribution >= 0.6 is 0 Å². The van der Waals surface area contributed by atoms with Gasteiger partial charge in [-0.05, 0) is 11.3 Å². The molecule has 0 heterocycles. The Labute approximate surface area is 67.2 Å². The third kappa shape index (κ3) is 1.06. The number of ether oxygens (including phenoxy) is 1. The van der Waals surface area contributed by atoms with Crippen LogP contribution < -0.4 is 0 Å². The minimum absolute atomic E-state index is 0.0324. The summed E-state index contributed by atoms with van der Waals surface area (Å²) in [5.74, 6) is 0.222. The van der Waals surface area contributed by atoms with Crippen molar-refractivity contribution in [2.75, 3.05) is 7.11 Å². The highest BCUT2D eigenvalue weighted by molar-refractivity contribution is 5.78. The Morgan fingerprint density at radius 3 is 2.45 bits per heavy atom. The molecule has 0 N–H and O–H groups in total. The van der Waals surface area contributed by atoms with Crippen molar-refractivity contribution < 1.29 is 9.53 Å². The van der Waals surface area contributed by atoms with E-state index in [9.17, 15) is 4.79 Å². The van der Waals surface area contributed by atoms with Gasteiger partial charge in [-0.25, -0.2) is 0 Å². The topological polar surface area (TPSA) is 26.3 Å². The van der Waals surface area contributed by atoms with Gasteiger partial charge in [0.1, 0.15) is 0 Å². The minimum atomic E-state index is -0.111. The first-order valence-corrected chi connectivity index (χ1v) is 3.76. The second kappa shape index (κ2) is 2.36. The molecule has 1 rings (SSSR count). The lowest BCUT2D eigenvalue weighted by molar-refractivity contribution is -0.143. The van der Waals surface area contributed by atoms with Crippen molar-refractivity contribution in [3.63, 3.8) is 0 Å². The van der Waals surface area contributed by atoms with Gasteiger partial charge in [0.15, 0.2) is 0 Å². The quantitative estimate of drug-likeness (QED) is 0.446. The summed E-state index contributed by atoms with van der Waals surface area (Å²) in [6.45, 7) is 7.79. The van der Waals surface area contributed by atoms with Gasteiger partial charge in [-0.2, -0.15) is 0 Å². The first kappa shape index (κ1) is 8.31. The number of hydrogen-bond acceptors (Lipinski definition) is 2. The molecule has 0 bridgehead atoms. The fourth-order valence-corrected chi connectivity index (χ4v) is 1.69. The lowest BCUT2D eigenvalue weighted by atomic mass is 10.1. The van der Waals surface area contributed by atoms with Crippen molar-refractivity contribution in [3.05, 3.63) is 12.7 Å². The normalized spacial score (nSPS) is 32.6. The Morgan fingerprint density at radius 1 is 1.64 bits per heavy atom. The molecule has 0 spiro atoms. The van der Waals surface area contributed by atoms with Crippen LogP contribution in [0.25, 0.3) is 0 Å². The van der Waals surface area contributed by atoms with Crippen LogP contribution in [-0.4, -0.2) is 13.1 Å². The third-order valence-electron chi connectivity index (χ3n) is 2.62. The van der Waals surface area contributed by atoms with Gasteiger partial charge in [-0.15, -0.1) is 6.58 Å². The molecule has 0 aliphatic heterocycles. The second-order valence-corrected chi connectivity index (χ2v) is 3.58. The molecule has 1 aliphatic carbocycles. The van der Waals surface area contributed by atoms with Gasteiger partial charge in [0.2, 0.25) is 0 Å². The molecular formula is C9H14O2. The average molecular weight is 154 g/mol. The molecule has 2 atom stereocenters. The molecule has 0 aromatic heterocycles. The van der Waals surface area contributed by atoms with Crippen LogP contribution in [0.4, 0.5) is 0 Å². The van der Waals surface area contributed by atoms with Crippen molar-refractivity contribution in [2.45, 2.75) is 13.8 Å². The third-order valence-corrected chi connectivity index (χ3v) is 2.62. The highest BCUT2D eigenvalue weighted by Gasteiger charge is 2.60. The molecule has 11 heavy (non-hydrogen) atoms. The second-order valence-electron chi connectivity index (χ2n) is 3.58. The monoisotopic (exact) mass is 154 g/mol. The molecule has 0 aromatic rings. The molecule has 1 fully saturated rings. The molecule has 0 unspecified atom stereocenters. The number of hydrogen-bond donors (Lipinski definition) is 0. The molecule has 1 saturated carbocycles.